The predicted molar refractivity (Wildman–Crippen MR) is 73.8 cm³/mol. The Morgan fingerprint density at radius 1 is 1.11 bits per heavy atom. The van der Waals surface area contributed by atoms with E-state index in [2.05, 4.69) is 6.92 Å². The highest BCUT2D eigenvalue weighted by atomic mass is 35.5. The Labute approximate surface area is 114 Å². The highest BCUT2D eigenvalue weighted by molar-refractivity contribution is 6.17. The molecule has 0 fully saturated rings. The summed E-state index contributed by atoms with van der Waals surface area (Å²) in [4.78, 5) is 0. The van der Waals surface area contributed by atoms with Gasteiger partial charge in [0.25, 0.3) is 0 Å². The maximum atomic E-state index is 5.79. The van der Waals surface area contributed by atoms with E-state index in [9.17, 15) is 0 Å². The van der Waals surface area contributed by atoms with Gasteiger partial charge in [-0.3, -0.25) is 0 Å². The van der Waals surface area contributed by atoms with Gasteiger partial charge in [0.05, 0.1) is 13.7 Å². The van der Waals surface area contributed by atoms with Crippen molar-refractivity contribution in [1.82, 2.24) is 0 Å². The molecule has 0 saturated heterocycles. The Morgan fingerprint density at radius 3 is 2.61 bits per heavy atom. The lowest BCUT2D eigenvalue weighted by Crippen LogP contribution is -2.08. The molecule has 0 aromatic heterocycles. The fourth-order valence-electron chi connectivity index (χ4n) is 1.48. The summed E-state index contributed by atoms with van der Waals surface area (Å²) in [5, 5.41) is 0. The summed E-state index contributed by atoms with van der Waals surface area (Å²) in [5.74, 6) is 1.90. The van der Waals surface area contributed by atoms with Gasteiger partial charge in [0, 0.05) is 12.5 Å². The van der Waals surface area contributed by atoms with Gasteiger partial charge in [-0.25, -0.2) is 0 Å². The second-order valence-corrected chi connectivity index (χ2v) is 4.20. The topological polar surface area (TPSA) is 27.7 Å². The molecular formula is C14H21ClO3. The molecule has 0 N–H and O–H groups in total. The van der Waals surface area contributed by atoms with Crippen LogP contribution in [0.5, 0.6) is 11.5 Å². The van der Waals surface area contributed by atoms with Crippen molar-refractivity contribution in [1.29, 1.82) is 0 Å². The van der Waals surface area contributed by atoms with Gasteiger partial charge in [0.1, 0.15) is 6.61 Å². The second-order valence-electron chi connectivity index (χ2n) is 3.93. The van der Waals surface area contributed by atoms with Crippen LogP contribution < -0.4 is 9.47 Å². The average molecular weight is 273 g/mol. The molecule has 0 bridgehead atoms. The van der Waals surface area contributed by atoms with E-state index in [0.29, 0.717) is 19.1 Å². The Morgan fingerprint density at radius 2 is 1.94 bits per heavy atom. The summed E-state index contributed by atoms with van der Waals surface area (Å²) in [7, 11) is 1.63. The lowest BCUT2D eigenvalue weighted by molar-refractivity contribution is 0.0970. The van der Waals surface area contributed by atoms with Crippen molar-refractivity contribution < 1.29 is 14.2 Å². The van der Waals surface area contributed by atoms with Gasteiger partial charge in [-0.05, 0) is 24.1 Å². The molecule has 0 amide bonds. The molecule has 0 aliphatic carbocycles. The number of hydrogen-bond acceptors (Lipinski definition) is 3. The van der Waals surface area contributed by atoms with Gasteiger partial charge in [-0.1, -0.05) is 19.4 Å². The third-order valence-electron chi connectivity index (χ3n) is 2.51. The molecule has 1 aromatic carbocycles. The zero-order valence-electron chi connectivity index (χ0n) is 11.1. The summed E-state index contributed by atoms with van der Waals surface area (Å²) < 4.78 is 16.3. The Kier molecular flexibility index (Phi) is 7.62. The summed E-state index contributed by atoms with van der Waals surface area (Å²) >= 11 is 5.79. The Hall–Kier alpha value is -0.930. The van der Waals surface area contributed by atoms with E-state index in [1.807, 2.05) is 18.2 Å². The monoisotopic (exact) mass is 272 g/mol. The molecule has 0 heterocycles. The fraction of sp³-hybridized carbons (Fsp3) is 0.571. The molecule has 1 aromatic rings. The predicted octanol–water partition coefficient (Wildman–Crippen LogP) is 3.63. The third kappa shape index (κ3) is 5.15. The Bertz CT molecular complexity index is 342. The third-order valence-corrected chi connectivity index (χ3v) is 2.82. The molecule has 0 saturated carbocycles. The van der Waals surface area contributed by atoms with Gasteiger partial charge in [0.15, 0.2) is 11.5 Å². The van der Waals surface area contributed by atoms with E-state index in [0.717, 1.165) is 36.5 Å². The summed E-state index contributed by atoms with van der Waals surface area (Å²) in [6.45, 7) is 4.04. The van der Waals surface area contributed by atoms with Crippen LogP contribution in [0.1, 0.15) is 25.3 Å². The first kappa shape index (κ1) is 15.1. The second kappa shape index (κ2) is 9.06. The van der Waals surface area contributed by atoms with Crippen molar-refractivity contribution >= 4 is 11.6 Å². The highest BCUT2D eigenvalue weighted by Gasteiger charge is 2.05. The van der Waals surface area contributed by atoms with Gasteiger partial charge in [0.2, 0.25) is 0 Å². The molecular weight excluding hydrogens is 252 g/mol. The van der Waals surface area contributed by atoms with Gasteiger partial charge < -0.3 is 14.2 Å². The van der Waals surface area contributed by atoms with Crippen LogP contribution in [-0.2, 0) is 10.6 Å². The van der Waals surface area contributed by atoms with Crippen molar-refractivity contribution in [2.75, 3.05) is 26.9 Å². The number of unbranched alkanes of at least 4 members (excludes halogenated alkanes) is 1. The number of hydrogen-bond donors (Lipinski definition) is 0. The Balaban J connectivity index is 2.39. The van der Waals surface area contributed by atoms with E-state index in [4.69, 9.17) is 25.8 Å². The first-order valence-corrected chi connectivity index (χ1v) is 6.78. The molecule has 1 rings (SSSR count). The van der Waals surface area contributed by atoms with Crippen molar-refractivity contribution in [2.24, 2.45) is 0 Å². The zero-order chi connectivity index (χ0) is 13.2. The molecule has 0 atom stereocenters. The molecule has 0 aliphatic heterocycles. The number of ether oxygens (including phenoxy) is 3. The molecule has 4 heteroatoms. The van der Waals surface area contributed by atoms with E-state index in [1.165, 1.54) is 0 Å². The summed E-state index contributed by atoms with van der Waals surface area (Å²) in [6, 6.07) is 5.69. The number of rotatable bonds is 9. The minimum Gasteiger partial charge on any atom is -0.493 e. The first-order valence-electron chi connectivity index (χ1n) is 6.25. The van der Waals surface area contributed by atoms with Crippen LogP contribution >= 0.6 is 11.6 Å². The number of benzene rings is 1. The van der Waals surface area contributed by atoms with E-state index in [-0.39, 0.29) is 0 Å². The van der Waals surface area contributed by atoms with Crippen LogP contribution in [0.3, 0.4) is 0 Å². The highest BCUT2D eigenvalue weighted by Crippen LogP contribution is 2.28. The van der Waals surface area contributed by atoms with Gasteiger partial charge >= 0.3 is 0 Å². The van der Waals surface area contributed by atoms with Crippen LogP contribution in [0.2, 0.25) is 0 Å². The normalized spacial score (nSPS) is 10.4. The van der Waals surface area contributed by atoms with E-state index < -0.39 is 0 Å². The largest absolute Gasteiger partial charge is 0.493 e. The minimum atomic E-state index is 0.466. The summed E-state index contributed by atoms with van der Waals surface area (Å²) in [6.07, 6.45) is 2.23. The molecule has 102 valence electrons. The minimum absolute atomic E-state index is 0.466. The fourth-order valence-corrected chi connectivity index (χ4v) is 1.64. The number of alkyl halides is 1. The lowest BCUT2D eigenvalue weighted by atomic mass is 10.2. The standard InChI is InChI=1S/C14H21ClO3/c1-3-4-7-17-8-9-18-14-10-12(11-15)5-6-13(14)16-2/h5-6,10H,3-4,7-9,11H2,1-2H3. The van der Waals surface area contributed by atoms with Crippen molar-refractivity contribution in [3.63, 3.8) is 0 Å². The van der Waals surface area contributed by atoms with Crippen molar-refractivity contribution in [2.45, 2.75) is 25.6 Å². The van der Waals surface area contributed by atoms with Crippen LogP contribution in [-0.4, -0.2) is 26.9 Å². The first-order chi connectivity index (χ1) is 8.81. The molecule has 3 nitrogen and oxygen atoms in total. The smallest absolute Gasteiger partial charge is 0.161 e. The maximum absolute atomic E-state index is 5.79. The summed E-state index contributed by atoms with van der Waals surface area (Å²) in [5.41, 5.74) is 1.01. The molecule has 0 radical (unpaired) electrons. The van der Waals surface area contributed by atoms with Gasteiger partial charge in [-0.15, -0.1) is 11.6 Å². The van der Waals surface area contributed by atoms with Crippen LogP contribution in [0.25, 0.3) is 0 Å². The average Bonchev–Trinajstić information content (AvgIpc) is 2.42. The van der Waals surface area contributed by atoms with Crippen LogP contribution in [0.15, 0.2) is 18.2 Å². The van der Waals surface area contributed by atoms with E-state index >= 15 is 0 Å². The quantitative estimate of drug-likeness (QED) is 0.507. The molecule has 0 unspecified atom stereocenters. The van der Waals surface area contributed by atoms with Crippen molar-refractivity contribution in [3.05, 3.63) is 23.8 Å². The maximum Gasteiger partial charge on any atom is 0.161 e. The zero-order valence-corrected chi connectivity index (χ0v) is 11.8. The van der Waals surface area contributed by atoms with Gasteiger partial charge in [-0.2, -0.15) is 0 Å². The van der Waals surface area contributed by atoms with Crippen molar-refractivity contribution in [3.8, 4) is 11.5 Å². The van der Waals surface area contributed by atoms with Crippen LogP contribution in [0.4, 0.5) is 0 Å². The molecule has 18 heavy (non-hydrogen) atoms. The SMILES string of the molecule is CCCCOCCOc1cc(CCl)ccc1OC. The van der Waals surface area contributed by atoms with Crippen LogP contribution in [0, 0.1) is 0 Å². The molecule has 0 spiro atoms. The number of halogens is 1. The number of methoxy groups -OCH3 is 1. The van der Waals surface area contributed by atoms with E-state index in [1.54, 1.807) is 7.11 Å². The molecule has 0 aliphatic rings. The lowest BCUT2D eigenvalue weighted by Gasteiger charge is -2.11.